The second kappa shape index (κ2) is 5.10. The van der Waals surface area contributed by atoms with Crippen LogP contribution in [0.15, 0.2) is 0 Å². The molecule has 1 aliphatic rings. The standard InChI is InChI=1S/C7H14NO2.ClH.Hg/c1-7(8(9)10)5-3-2-4-6-7;;/h8-9H,1-6H2;1H;/q;;+1/p-1. The van der Waals surface area contributed by atoms with Crippen LogP contribution in [-0.2, 0) is 23.3 Å². The molecule has 1 rings (SSSR count). The van der Waals surface area contributed by atoms with Crippen molar-refractivity contribution >= 4 is 8.25 Å². The molecule has 1 fully saturated rings. The van der Waals surface area contributed by atoms with Crippen LogP contribution in [0.5, 0.6) is 0 Å². The first-order valence-electron chi connectivity index (χ1n) is 4.51. The van der Waals surface area contributed by atoms with Gasteiger partial charge in [-0.1, -0.05) is 0 Å². The van der Waals surface area contributed by atoms with Gasteiger partial charge in [-0.25, -0.2) is 0 Å². The quantitative estimate of drug-likeness (QED) is 0.570. The fourth-order valence-corrected chi connectivity index (χ4v) is 9.34. The van der Waals surface area contributed by atoms with Gasteiger partial charge in [-0.2, -0.15) is 0 Å². The van der Waals surface area contributed by atoms with Gasteiger partial charge in [-0.15, -0.1) is 0 Å². The van der Waals surface area contributed by atoms with Gasteiger partial charge in [0, 0.05) is 0 Å². The molecule has 68 valence electrons. The molecule has 0 spiro atoms. The summed E-state index contributed by atoms with van der Waals surface area (Å²) in [6, 6.07) is 0. The van der Waals surface area contributed by atoms with Crippen molar-refractivity contribution in [2.24, 2.45) is 0 Å². The molecule has 2 N–H and O–H groups in total. The van der Waals surface area contributed by atoms with Crippen LogP contribution in [-0.4, -0.2) is 10.7 Å². The summed E-state index contributed by atoms with van der Waals surface area (Å²) in [7, 11) is 5.83. The zero-order valence-corrected chi connectivity index (χ0v) is 13.4. The van der Waals surface area contributed by atoms with Gasteiger partial charge in [-0.3, -0.25) is 0 Å². The Morgan fingerprint density at radius 3 is 2.42 bits per heavy atom. The molecular formula is C7H14ClHgNO2. The number of hydrogen-bond acceptors (Lipinski definition) is 2. The summed E-state index contributed by atoms with van der Waals surface area (Å²) in [4.78, 5) is 0. The zero-order chi connectivity index (χ0) is 9.03. The van der Waals surface area contributed by atoms with Crippen molar-refractivity contribution in [2.75, 3.05) is 0 Å². The van der Waals surface area contributed by atoms with Gasteiger partial charge in [0.15, 0.2) is 0 Å². The van der Waals surface area contributed by atoms with Crippen molar-refractivity contribution in [1.29, 1.82) is 0 Å². The molecule has 12 heavy (non-hydrogen) atoms. The molecule has 0 amide bonds. The number of hydrogen-bond donors (Lipinski definition) is 2. The first-order chi connectivity index (χ1) is 5.71. The predicted molar refractivity (Wildman–Crippen MR) is 42.6 cm³/mol. The van der Waals surface area contributed by atoms with Crippen molar-refractivity contribution in [3.8, 4) is 0 Å². The fourth-order valence-electron chi connectivity index (χ4n) is 1.98. The van der Waals surface area contributed by atoms with E-state index in [-0.39, 0.29) is 5.54 Å². The van der Waals surface area contributed by atoms with Gasteiger partial charge in [0.2, 0.25) is 0 Å². The fraction of sp³-hybridized carbons (Fsp3) is 1.00. The molecule has 1 unspecified atom stereocenters. The molecule has 0 aliphatic heterocycles. The molecule has 1 atom stereocenters. The first-order valence-corrected chi connectivity index (χ1v) is 15.2. The number of rotatable bonds is 3. The minimum absolute atomic E-state index is 0.387. The van der Waals surface area contributed by atoms with Crippen molar-refractivity contribution in [3.05, 3.63) is 5.21 Å². The van der Waals surface area contributed by atoms with Crippen LogP contribution in [0.1, 0.15) is 32.1 Å². The van der Waals surface area contributed by atoms with E-state index in [9.17, 15) is 5.21 Å². The van der Waals surface area contributed by atoms with Crippen LogP contribution >= 0.6 is 8.25 Å². The van der Waals surface area contributed by atoms with E-state index in [1.54, 1.807) is 0 Å². The van der Waals surface area contributed by atoms with Gasteiger partial charge in [-0.05, 0) is 0 Å². The molecule has 3 nitrogen and oxygen atoms in total. The third-order valence-electron chi connectivity index (χ3n) is 2.84. The zero-order valence-electron chi connectivity index (χ0n) is 7.18. The van der Waals surface area contributed by atoms with Crippen molar-refractivity contribution < 1.29 is 33.8 Å². The number of nitrogens with one attached hydrogen (secondary N) is 1. The minimum atomic E-state index is -1.30. The van der Waals surface area contributed by atoms with E-state index in [0.29, 0.717) is 0 Å². The van der Waals surface area contributed by atoms with Gasteiger partial charge in [0.1, 0.15) is 0 Å². The van der Waals surface area contributed by atoms with Crippen LogP contribution in [0.3, 0.4) is 0 Å². The first kappa shape index (κ1) is 11.2. The summed E-state index contributed by atoms with van der Waals surface area (Å²) in [6.07, 6.45) is 5.10. The molecule has 0 aromatic rings. The molecule has 0 aromatic carbocycles. The predicted octanol–water partition coefficient (Wildman–Crippen LogP) is 1.12. The summed E-state index contributed by atoms with van der Waals surface area (Å²) in [6.45, 7) is 0. The number of quaternary nitrogens is 1. The molecule has 5 heteroatoms. The van der Waals surface area contributed by atoms with Crippen molar-refractivity contribution in [3.63, 3.8) is 0 Å². The Labute approximate surface area is 88.5 Å². The Morgan fingerprint density at radius 1 is 1.42 bits per heavy atom. The van der Waals surface area contributed by atoms with Gasteiger partial charge in [0.25, 0.3) is 0 Å². The Morgan fingerprint density at radius 2 is 2.00 bits per heavy atom. The number of halogens is 1. The van der Waals surface area contributed by atoms with Gasteiger partial charge < -0.3 is 0 Å². The maximum atomic E-state index is 11.0. The third kappa shape index (κ3) is 2.55. The topological polar surface area (TPSA) is 47.7 Å². The molecule has 0 bridgehead atoms. The van der Waals surface area contributed by atoms with Crippen LogP contribution in [0.4, 0.5) is 0 Å². The molecule has 0 saturated heterocycles. The second-order valence-electron chi connectivity index (χ2n) is 3.59. The Kier molecular flexibility index (Phi) is 4.75. The van der Waals surface area contributed by atoms with E-state index < -0.39 is 28.6 Å². The Hall–Kier alpha value is 1.11. The molecule has 1 aliphatic carbocycles. The molecule has 0 aromatic heterocycles. The second-order valence-corrected chi connectivity index (χ2v) is 10.3. The van der Waals surface area contributed by atoms with Gasteiger partial charge in [0.05, 0.1) is 0 Å². The van der Waals surface area contributed by atoms with Crippen LogP contribution in [0.2, 0.25) is 3.93 Å². The average Bonchev–Trinajstić information content (AvgIpc) is 2.06. The van der Waals surface area contributed by atoms with E-state index in [1.807, 2.05) is 0 Å². The molecule has 0 heterocycles. The molecular weight excluding hydrogens is 366 g/mol. The summed E-state index contributed by atoms with van der Waals surface area (Å²) in [5, 5.41) is 19.5. The Balaban J connectivity index is 2.56. The summed E-state index contributed by atoms with van der Waals surface area (Å²) >= 11 is -1.30. The van der Waals surface area contributed by atoms with Crippen LogP contribution in [0, 0.1) is 5.21 Å². The van der Waals surface area contributed by atoms with E-state index in [1.165, 1.54) is 6.42 Å². The third-order valence-corrected chi connectivity index (χ3v) is 8.95. The van der Waals surface area contributed by atoms with E-state index in [4.69, 9.17) is 13.5 Å². The van der Waals surface area contributed by atoms with E-state index in [0.717, 1.165) is 29.6 Å². The molecule has 0 radical (unpaired) electrons. The monoisotopic (exact) mass is 381 g/mol. The van der Waals surface area contributed by atoms with Crippen LogP contribution < -0.4 is 5.23 Å². The van der Waals surface area contributed by atoms with Gasteiger partial charge >= 0.3 is 88.8 Å². The van der Waals surface area contributed by atoms with Crippen LogP contribution in [0.25, 0.3) is 0 Å². The summed E-state index contributed by atoms with van der Waals surface area (Å²) in [5.74, 6) is 0. The average molecular weight is 380 g/mol. The summed E-state index contributed by atoms with van der Waals surface area (Å²) in [5.41, 5.74) is -0.387. The summed E-state index contributed by atoms with van der Waals surface area (Å²) < 4.78 is 0.851. The maximum absolute atomic E-state index is 11.0. The van der Waals surface area contributed by atoms with Crippen molar-refractivity contribution in [2.45, 2.75) is 41.6 Å². The molecule has 1 saturated carbocycles. The Bertz CT molecular complexity index is 134. The SMILES string of the molecule is [O-][NH+](O)C1([CH2][Hg][Cl])CCCCC1. The normalized spacial score (nSPS) is 24.6. The number of hydroxylamine groups is 2. The van der Waals surface area contributed by atoms with E-state index >= 15 is 0 Å². The van der Waals surface area contributed by atoms with E-state index in [2.05, 4.69) is 0 Å². The van der Waals surface area contributed by atoms with Crippen molar-refractivity contribution in [1.82, 2.24) is 0 Å².